The lowest BCUT2D eigenvalue weighted by Crippen LogP contribution is -2.42. The van der Waals surface area contributed by atoms with Gasteiger partial charge in [0.25, 0.3) is 0 Å². The van der Waals surface area contributed by atoms with Gasteiger partial charge in [0.05, 0.1) is 6.61 Å². The molecular weight excluding hydrogens is 188 g/mol. The molecule has 0 aromatic heterocycles. The van der Waals surface area contributed by atoms with Crippen LogP contribution in [0.25, 0.3) is 0 Å². The van der Waals surface area contributed by atoms with Crippen LogP contribution in [0.15, 0.2) is 0 Å². The Balaban J connectivity index is 2.30. The molecule has 0 aromatic rings. The fourth-order valence-corrected chi connectivity index (χ4v) is 2.37. The summed E-state index contributed by atoms with van der Waals surface area (Å²) in [5, 5.41) is 12.3. The first kappa shape index (κ1) is 12.9. The van der Waals surface area contributed by atoms with E-state index in [-0.39, 0.29) is 12.6 Å². The van der Waals surface area contributed by atoms with Crippen LogP contribution in [0.3, 0.4) is 0 Å². The zero-order valence-corrected chi connectivity index (χ0v) is 10.2. The molecule has 1 heterocycles. The number of nitrogens with one attached hydrogen (secondary N) is 1. The number of hydrogen-bond acceptors (Lipinski definition) is 3. The quantitative estimate of drug-likeness (QED) is 0.719. The highest BCUT2D eigenvalue weighted by molar-refractivity contribution is 4.74. The maximum atomic E-state index is 9.14. The van der Waals surface area contributed by atoms with Gasteiger partial charge >= 0.3 is 0 Å². The third-order valence-electron chi connectivity index (χ3n) is 3.62. The first-order chi connectivity index (χ1) is 7.30. The molecule has 0 spiro atoms. The Morgan fingerprint density at radius 2 is 2.20 bits per heavy atom. The molecule has 0 aliphatic carbocycles. The molecule has 3 heteroatoms. The van der Waals surface area contributed by atoms with Crippen LogP contribution in [-0.4, -0.2) is 49.3 Å². The van der Waals surface area contributed by atoms with Crippen LogP contribution in [0.5, 0.6) is 0 Å². The van der Waals surface area contributed by atoms with Crippen molar-refractivity contribution in [3.8, 4) is 0 Å². The van der Waals surface area contributed by atoms with E-state index >= 15 is 0 Å². The second-order valence-electron chi connectivity index (χ2n) is 4.67. The maximum absolute atomic E-state index is 9.14. The van der Waals surface area contributed by atoms with Crippen LogP contribution in [0.4, 0.5) is 0 Å². The zero-order chi connectivity index (χ0) is 11.1. The molecule has 2 unspecified atom stereocenters. The molecule has 1 rings (SSSR count). The molecule has 0 aromatic carbocycles. The van der Waals surface area contributed by atoms with E-state index in [0.717, 1.165) is 12.5 Å². The van der Waals surface area contributed by atoms with Crippen LogP contribution in [-0.2, 0) is 0 Å². The van der Waals surface area contributed by atoms with Crippen molar-refractivity contribution in [2.45, 2.75) is 38.6 Å². The minimum absolute atomic E-state index is 0.239. The van der Waals surface area contributed by atoms with Gasteiger partial charge in [0, 0.05) is 12.6 Å². The van der Waals surface area contributed by atoms with E-state index in [2.05, 4.69) is 17.1 Å². The number of aliphatic hydroxyl groups is 1. The van der Waals surface area contributed by atoms with Gasteiger partial charge in [0.1, 0.15) is 0 Å². The highest BCUT2D eigenvalue weighted by Crippen LogP contribution is 2.20. The molecule has 3 nitrogen and oxygen atoms in total. The Labute approximate surface area is 93.9 Å². The van der Waals surface area contributed by atoms with Crippen molar-refractivity contribution in [3.05, 3.63) is 0 Å². The lowest BCUT2D eigenvalue weighted by atomic mass is 9.98. The monoisotopic (exact) mass is 214 g/mol. The molecule has 0 radical (unpaired) electrons. The molecule has 1 fully saturated rings. The molecule has 1 aliphatic heterocycles. The first-order valence-corrected chi connectivity index (χ1v) is 6.30. The number of nitrogens with zero attached hydrogens (tertiary/aromatic N) is 1. The number of likely N-dealkylation sites (tertiary alicyclic amines) is 1. The topological polar surface area (TPSA) is 35.5 Å². The lowest BCUT2D eigenvalue weighted by molar-refractivity contribution is 0.188. The minimum atomic E-state index is 0.239. The SMILES string of the molecule is CCC1CCCN(CC(CO)NC)CC1. The van der Waals surface area contributed by atoms with Gasteiger partial charge in [-0.1, -0.05) is 13.3 Å². The Kier molecular flexibility index (Phi) is 6.22. The van der Waals surface area contributed by atoms with Crippen LogP contribution < -0.4 is 5.32 Å². The van der Waals surface area contributed by atoms with Crippen molar-refractivity contribution in [2.75, 3.05) is 33.3 Å². The molecule has 2 N–H and O–H groups in total. The predicted molar refractivity (Wildman–Crippen MR) is 64.0 cm³/mol. The van der Waals surface area contributed by atoms with Crippen LogP contribution in [0.2, 0.25) is 0 Å². The third-order valence-corrected chi connectivity index (χ3v) is 3.62. The van der Waals surface area contributed by atoms with E-state index in [1.165, 1.54) is 38.8 Å². The highest BCUT2D eigenvalue weighted by atomic mass is 16.3. The van der Waals surface area contributed by atoms with E-state index < -0.39 is 0 Å². The van der Waals surface area contributed by atoms with Gasteiger partial charge in [-0.3, -0.25) is 0 Å². The van der Waals surface area contributed by atoms with Crippen molar-refractivity contribution in [1.82, 2.24) is 10.2 Å². The Hall–Kier alpha value is -0.120. The Bertz CT molecular complexity index is 160. The van der Waals surface area contributed by atoms with Gasteiger partial charge in [0.15, 0.2) is 0 Å². The van der Waals surface area contributed by atoms with Crippen molar-refractivity contribution < 1.29 is 5.11 Å². The smallest absolute Gasteiger partial charge is 0.0597 e. The van der Waals surface area contributed by atoms with E-state index in [1.54, 1.807) is 0 Å². The summed E-state index contributed by atoms with van der Waals surface area (Å²) in [7, 11) is 1.92. The molecule has 0 saturated carbocycles. The Morgan fingerprint density at radius 3 is 2.80 bits per heavy atom. The summed E-state index contributed by atoms with van der Waals surface area (Å²) < 4.78 is 0. The summed E-state index contributed by atoms with van der Waals surface area (Å²) in [5.41, 5.74) is 0. The Morgan fingerprint density at radius 1 is 1.40 bits per heavy atom. The van der Waals surface area contributed by atoms with Gasteiger partial charge in [-0.15, -0.1) is 0 Å². The third kappa shape index (κ3) is 4.49. The van der Waals surface area contributed by atoms with E-state index in [0.29, 0.717) is 0 Å². The summed E-state index contributed by atoms with van der Waals surface area (Å²) in [4.78, 5) is 2.49. The summed E-state index contributed by atoms with van der Waals surface area (Å²) >= 11 is 0. The average Bonchev–Trinajstić information content (AvgIpc) is 2.50. The summed E-state index contributed by atoms with van der Waals surface area (Å²) in [6, 6.07) is 0.239. The fraction of sp³-hybridized carbons (Fsp3) is 1.00. The number of hydrogen-bond donors (Lipinski definition) is 2. The largest absolute Gasteiger partial charge is 0.395 e. The van der Waals surface area contributed by atoms with Gasteiger partial charge in [-0.2, -0.15) is 0 Å². The fourth-order valence-electron chi connectivity index (χ4n) is 2.37. The normalized spacial score (nSPS) is 26.2. The summed E-state index contributed by atoms with van der Waals surface area (Å²) in [5.74, 6) is 0.928. The van der Waals surface area contributed by atoms with E-state index in [1.807, 2.05) is 7.05 Å². The van der Waals surface area contributed by atoms with Crippen molar-refractivity contribution >= 4 is 0 Å². The molecule has 0 amide bonds. The zero-order valence-electron chi connectivity index (χ0n) is 10.2. The summed E-state index contributed by atoms with van der Waals surface area (Å²) in [6.07, 6.45) is 5.36. The summed E-state index contributed by atoms with van der Waals surface area (Å²) in [6.45, 7) is 5.93. The van der Waals surface area contributed by atoms with Gasteiger partial charge in [-0.25, -0.2) is 0 Å². The van der Waals surface area contributed by atoms with Gasteiger partial charge in [0.2, 0.25) is 0 Å². The maximum Gasteiger partial charge on any atom is 0.0597 e. The second-order valence-corrected chi connectivity index (χ2v) is 4.67. The standard InChI is InChI=1S/C12H26N2O/c1-3-11-5-4-7-14(8-6-11)9-12(10-15)13-2/h11-13,15H,3-10H2,1-2H3. The highest BCUT2D eigenvalue weighted by Gasteiger charge is 2.17. The van der Waals surface area contributed by atoms with Crippen molar-refractivity contribution in [3.63, 3.8) is 0 Å². The number of likely N-dealkylation sites (N-methyl/N-ethyl adjacent to an activating group) is 1. The number of aliphatic hydroxyl groups excluding tert-OH is 1. The molecule has 15 heavy (non-hydrogen) atoms. The molecular formula is C12H26N2O. The van der Waals surface area contributed by atoms with E-state index in [9.17, 15) is 0 Å². The first-order valence-electron chi connectivity index (χ1n) is 6.30. The van der Waals surface area contributed by atoms with Crippen LogP contribution in [0, 0.1) is 5.92 Å². The number of rotatable bonds is 5. The van der Waals surface area contributed by atoms with E-state index in [4.69, 9.17) is 5.11 Å². The van der Waals surface area contributed by atoms with Gasteiger partial charge in [-0.05, 0) is 45.3 Å². The molecule has 1 saturated heterocycles. The molecule has 90 valence electrons. The average molecular weight is 214 g/mol. The minimum Gasteiger partial charge on any atom is -0.395 e. The van der Waals surface area contributed by atoms with Crippen LogP contribution >= 0.6 is 0 Å². The molecule has 2 atom stereocenters. The van der Waals surface area contributed by atoms with Crippen LogP contribution in [0.1, 0.15) is 32.6 Å². The van der Waals surface area contributed by atoms with Crippen molar-refractivity contribution in [2.24, 2.45) is 5.92 Å². The predicted octanol–water partition coefficient (Wildman–Crippen LogP) is 1.08. The lowest BCUT2D eigenvalue weighted by Gasteiger charge is -2.24. The molecule has 1 aliphatic rings. The molecule has 0 bridgehead atoms. The van der Waals surface area contributed by atoms with Crippen molar-refractivity contribution in [1.29, 1.82) is 0 Å². The van der Waals surface area contributed by atoms with Gasteiger partial charge < -0.3 is 15.3 Å². The second kappa shape index (κ2) is 7.20.